The number of para-hydroxylation sites is 1. The fraction of sp³-hybridized carbons (Fsp3) is 0.136. The molecule has 4 nitrogen and oxygen atoms in total. The number of rotatable bonds is 6. The van der Waals surface area contributed by atoms with Crippen LogP contribution < -0.4 is 14.8 Å². The van der Waals surface area contributed by atoms with Crippen molar-refractivity contribution in [3.63, 3.8) is 0 Å². The zero-order valence-corrected chi connectivity index (χ0v) is 16.7. The summed E-state index contributed by atoms with van der Waals surface area (Å²) in [7, 11) is 1.60. The summed E-state index contributed by atoms with van der Waals surface area (Å²) in [5, 5.41) is 2.90. The van der Waals surface area contributed by atoms with Crippen LogP contribution >= 0.6 is 15.9 Å². The van der Waals surface area contributed by atoms with Crippen molar-refractivity contribution in [1.29, 1.82) is 0 Å². The molecule has 1 amide bonds. The number of hydrogen-bond acceptors (Lipinski definition) is 3. The van der Waals surface area contributed by atoms with Crippen LogP contribution in [-0.4, -0.2) is 13.0 Å². The van der Waals surface area contributed by atoms with Crippen LogP contribution in [-0.2, 0) is 6.61 Å². The number of amides is 1. The number of halogens is 1. The van der Waals surface area contributed by atoms with E-state index in [9.17, 15) is 4.79 Å². The standard InChI is InChI=1S/C22H20BrNO3/c1-15-7-10-18(11-8-15)27-14-17-13-16(9-12-21(17)26-2)22(25)24-20-6-4-3-5-19(20)23/h3-13H,14H2,1-2H3,(H,24,25). The molecule has 0 unspecified atom stereocenters. The van der Waals surface area contributed by atoms with Gasteiger partial charge < -0.3 is 14.8 Å². The van der Waals surface area contributed by atoms with Gasteiger partial charge in [0.2, 0.25) is 0 Å². The third-order valence-corrected chi connectivity index (χ3v) is 4.77. The van der Waals surface area contributed by atoms with Gasteiger partial charge in [0.25, 0.3) is 5.91 Å². The average Bonchev–Trinajstić information content (AvgIpc) is 2.69. The molecule has 0 aromatic heterocycles. The molecule has 3 rings (SSSR count). The van der Waals surface area contributed by atoms with Crippen molar-refractivity contribution in [2.45, 2.75) is 13.5 Å². The van der Waals surface area contributed by atoms with E-state index in [1.54, 1.807) is 25.3 Å². The normalized spacial score (nSPS) is 10.3. The van der Waals surface area contributed by atoms with Crippen molar-refractivity contribution in [2.75, 3.05) is 12.4 Å². The first kappa shape index (κ1) is 19.0. The molecule has 0 aliphatic carbocycles. The smallest absolute Gasteiger partial charge is 0.255 e. The second kappa shape index (κ2) is 8.73. The van der Waals surface area contributed by atoms with Crippen molar-refractivity contribution < 1.29 is 14.3 Å². The molecule has 0 heterocycles. The van der Waals surface area contributed by atoms with Gasteiger partial charge in [-0.15, -0.1) is 0 Å². The van der Waals surface area contributed by atoms with Gasteiger partial charge in [-0.3, -0.25) is 4.79 Å². The van der Waals surface area contributed by atoms with E-state index in [1.165, 1.54) is 5.56 Å². The molecular weight excluding hydrogens is 406 g/mol. The zero-order chi connectivity index (χ0) is 19.2. The summed E-state index contributed by atoms with van der Waals surface area (Å²) >= 11 is 3.44. The van der Waals surface area contributed by atoms with Gasteiger partial charge in [-0.25, -0.2) is 0 Å². The van der Waals surface area contributed by atoms with Crippen LogP contribution in [0.2, 0.25) is 0 Å². The summed E-state index contributed by atoms with van der Waals surface area (Å²) in [6, 6.07) is 20.6. The Morgan fingerprint density at radius 3 is 2.48 bits per heavy atom. The number of ether oxygens (including phenoxy) is 2. The van der Waals surface area contributed by atoms with Crippen LogP contribution in [0.3, 0.4) is 0 Å². The lowest BCUT2D eigenvalue weighted by molar-refractivity contribution is 0.102. The van der Waals surface area contributed by atoms with Gasteiger partial charge in [-0.1, -0.05) is 29.8 Å². The van der Waals surface area contributed by atoms with Crippen LogP contribution in [0.5, 0.6) is 11.5 Å². The van der Waals surface area contributed by atoms with Crippen molar-refractivity contribution in [1.82, 2.24) is 0 Å². The van der Waals surface area contributed by atoms with Gasteiger partial charge in [-0.05, 0) is 65.3 Å². The molecule has 0 saturated carbocycles. The Morgan fingerprint density at radius 1 is 1.04 bits per heavy atom. The summed E-state index contributed by atoms with van der Waals surface area (Å²) in [6.07, 6.45) is 0. The number of nitrogens with one attached hydrogen (secondary N) is 1. The Balaban J connectivity index is 1.77. The number of carbonyl (C=O) groups excluding carboxylic acids is 1. The van der Waals surface area contributed by atoms with E-state index in [0.717, 1.165) is 21.5 Å². The van der Waals surface area contributed by atoms with Gasteiger partial charge in [0, 0.05) is 15.6 Å². The first-order chi connectivity index (χ1) is 13.1. The molecule has 0 aliphatic heterocycles. The van der Waals surface area contributed by atoms with Gasteiger partial charge in [0.1, 0.15) is 18.1 Å². The van der Waals surface area contributed by atoms with E-state index < -0.39 is 0 Å². The second-order valence-electron chi connectivity index (χ2n) is 6.06. The van der Waals surface area contributed by atoms with Crippen LogP contribution in [0.15, 0.2) is 71.2 Å². The third kappa shape index (κ3) is 4.89. The van der Waals surface area contributed by atoms with Gasteiger partial charge in [-0.2, -0.15) is 0 Å². The van der Waals surface area contributed by atoms with Gasteiger partial charge in [0.15, 0.2) is 0 Å². The summed E-state index contributed by atoms with van der Waals surface area (Å²) < 4.78 is 12.1. The minimum absolute atomic E-state index is 0.193. The molecule has 0 fully saturated rings. The highest BCUT2D eigenvalue weighted by atomic mass is 79.9. The Bertz CT molecular complexity index is 939. The maximum absolute atomic E-state index is 12.6. The van der Waals surface area contributed by atoms with E-state index in [0.29, 0.717) is 17.9 Å². The number of aryl methyl sites for hydroxylation is 1. The molecule has 3 aromatic carbocycles. The molecule has 1 N–H and O–H groups in total. The monoisotopic (exact) mass is 425 g/mol. The summed E-state index contributed by atoms with van der Waals surface area (Å²) in [4.78, 5) is 12.6. The van der Waals surface area contributed by atoms with Crippen molar-refractivity contribution >= 4 is 27.5 Å². The Kier molecular flexibility index (Phi) is 6.14. The lowest BCUT2D eigenvalue weighted by atomic mass is 10.1. The van der Waals surface area contributed by atoms with E-state index in [2.05, 4.69) is 21.2 Å². The van der Waals surface area contributed by atoms with Crippen LogP contribution in [0.25, 0.3) is 0 Å². The highest BCUT2D eigenvalue weighted by molar-refractivity contribution is 9.10. The molecule has 0 aliphatic rings. The summed E-state index contributed by atoms with van der Waals surface area (Å²) in [6.45, 7) is 2.34. The average molecular weight is 426 g/mol. The van der Waals surface area contributed by atoms with E-state index in [-0.39, 0.29) is 5.91 Å². The maximum atomic E-state index is 12.6. The first-order valence-corrected chi connectivity index (χ1v) is 9.28. The minimum Gasteiger partial charge on any atom is -0.496 e. The van der Waals surface area contributed by atoms with Gasteiger partial charge >= 0.3 is 0 Å². The maximum Gasteiger partial charge on any atom is 0.255 e. The zero-order valence-electron chi connectivity index (χ0n) is 15.2. The Labute approximate surface area is 167 Å². The minimum atomic E-state index is -0.193. The topological polar surface area (TPSA) is 47.6 Å². The first-order valence-electron chi connectivity index (χ1n) is 8.49. The molecule has 0 atom stereocenters. The molecule has 5 heteroatoms. The third-order valence-electron chi connectivity index (χ3n) is 4.08. The fourth-order valence-corrected chi connectivity index (χ4v) is 2.97. The second-order valence-corrected chi connectivity index (χ2v) is 6.92. The number of anilines is 1. The van der Waals surface area contributed by atoms with Crippen LogP contribution in [0, 0.1) is 6.92 Å². The summed E-state index contributed by atoms with van der Waals surface area (Å²) in [5.41, 5.74) is 3.23. The Morgan fingerprint density at radius 2 is 1.78 bits per heavy atom. The van der Waals surface area contributed by atoms with E-state index in [1.807, 2.05) is 55.5 Å². The molecule has 0 bridgehead atoms. The van der Waals surface area contributed by atoms with Crippen molar-refractivity contribution in [2.24, 2.45) is 0 Å². The molecular formula is C22H20BrNO3. The number of methoxy groups -OCH3 is 1. The quantitative estimate of drug-likeness (QED) is 0.559. The lowest BCUT2D eigenvalue weighted by Crippen LogP contribution is -2.13. The molecule has 0 radical (unpaired) electrons. The van der Waals surface area contributed by atoms with Crippen molar-refractivity contribution in [3.05, 3.63) is 87.9 Å². The van der Waals surface area contributed by atoms with Crippen LogP contribution in [0.1, 0.15) is 21.5 Å². The molecule has 0 saturated heterocycles. The number of benzene rings is 3. The summed E-state index contributed by atoms with van der Waals surface area (Å²) in [5.74, 6) is 1.26. The SMILES string of the molecule is COc1ccc(C(=O)Nc2ccccc2Br)cc1COc1ccc(C)cc1. The highest BCUT2D eigenvalue weighted by Gasteiger charge is 2.12. The molecule has 0 spiro atoms. The molecule has 27 heavy (non-hydrogen) atoms. The lowest BCUT2D eigenvalue weighted by Gasteiger charge is -2.13. The largest absolute Gasteiger partial charge is 0.496 e. The predicted molar refractivity (Wildman–Crippen MR) is 111 cm³/mol. The van der Waals surface area contributed by atoms with Crippen molar-refractivity contribution in [3.8, 4) is 11.5 Å². The Hall–Kier alpha value is -2.79. The number of hydrogen-bond donors (Lipinski definition) is 1. The number of carbonyl (C=O) groups is 1. The highest BCUT2D eigenvalue weighted by Crippen LogP contribution is 2.25. The van der Waals surface area contributed by atoms with Gasteiger partial charge in [0.05, 0.1) is 12.8 Å². The molecule has 3 aromatic rings. The van der Waals surface area contributed by atoms with E-state index >= 15 is 0 Å². The fourth-order valence-electron chi connectivity index (χ4n) is 2.59. The van der Waals surface area contributed by atoms with E-state index in [4.69, 9.17) is 9.47 Å². The van der Waals surface area contributed by atoms with Crippen LogP contribution in [0.4, 0.5) is 5.69 Å². The predicted octanol–water partition coefficient (Wildman–Crippen LogP) is 5.60. The molecule has 138 valence electrons.